The summed E-state index contributed by atoms with van der Waals surface area (Å²) in [5, 5.41) is 11.2. The zero-order chi connectivity index (χ0) is 14.3. The molecule has 1 fully saturated rings. The van der Waals surface area contributed by atoms with Crippen molar-refractivity contribution in [1.82, 2.24) is 0 Å². The van der Waals surface area contributed by atoms with Crippen LogP contribution in [-0.2, 0) is 9.84 Å². The highest BCUT2D eigenvalue weighted by Crippen LogP contribution is 2.30. The van der Waals surface area contributed by atoms with E-state index in [1.807, 2.05) is 0 Å². The lowest BCUT2D eigenvalue weighted by molar-refractivity contribution is 0.541. The van der Waals surface area contributed by atoms with Crippen molar-refractivity contribution in [2.75, 3.05) is 16.8 Å². The molecule has 19 heavy (non-hydrogen) atoms. The van der Waals surface area contributed by atoms with Crippen LogP contribution in [0.15, 0.2) is 12.1 Å². The van der Waals surface area contributed by atoms with Gasteiger partial charge in [0.2, 0.25) is 0 Å². The molecular weight excluding hydrogens is 274 g/mol. The Balaban J connectivity index is 2.33. The van der Waals surface area contributed by atoms with Crippen molar-refractivity contribution < 1.29 is 17.2 Å². The van der Waals surface area contributed by atoms with Gasteiger partial charge in [-0.3, -0.25) is 0 Å². The third-order valence-corrected chi connectivity index (χ3v) is 5.00. The number of hydrogen-bond donors (Lipinski definition) is 1. The summed E-state index contributed by atoms with van der Waals surface area (Å²) in [6, 6.07) is 3.48. The maximum Gasteiger partial charge on any atom is 0.152 e. The van der Waals surface area contributed by atoms with Gasteiger partial charge in [0, 0.05) is 5.54 Å². The van der Waals surface area contributed by atoms with Crippen LogP contribution in [0.1, 0.15) is 18.9 Å². The van der Waals surface area contributed by atoms with Crippen molar-refractivity contribution in [2.24, 2.45) is 0 Å². The average Bonchev–Trinajstić information content (AvgIpc) is 2.58. The number of nitriles is 1. The van der Waals surface area contributed by atoms with Crippen LogP contribution < -0.4 is 5.32 Å². The Labute approximate surface area is 110 Å². The van der Waals surface area contributed by atoms with Gasteiger partial charge in [-0.1, -0.05) is 0 Å². The molecule has 0 bridgehead atoms. The van der Waals surface area contributed by atoms with Crippen LogP contribution in [0, 0.1) is 23.0 Å². The number of hydrogen-bond acceptors (Lipinski definition) is 4. The van der Waals surface area contributed by atoms with Gasteiger partial charge in [0.15, 0.2) is 21.5 Å². The van der Waals surface area contributed by atoms with Crippen molar-refractivity contribution in [1.29, 1.82) is 5.26 Å². The zero-order valence-electron chi connectivity index (χ0n) is 10.2. The van der Waals surface area contributed by atoms with E-state index in [1.165, 1.54) is 0 Å². The maximum atomic E-state index is 13.7. The molecule has 1 aliphatic heterocycles. The van der Waals surface area contributed by atoms with Gasteiger partial charge in [0.1, 0.15) is 5.69 Å². The van der Waals surface area contributed by atoms with Crippen LogP contribution in [0.2, 0.25) is 0 Å². The Morgan fingerprint density at radius 2 is 1.95 bits per heavy atom. The summed E-state index contributed by atoms with van der Waals surface area (Å²) in [5.74, 6) is -1.97. The van der Waals surface area contributed by atoms with E-state index in [0.717, 1.165) is 12.1 Å². The molecule has 102 valence electrons. The van der Waals surface area contributed by atoms with Crippen LogP contribution in [0.25, 0.3) is 0 Å². The topological polar surface area (TPSA) is 70.0 Å². The largest absolute Gasteiger partial charge is 0.374 e. The number of rotatable bonds is 2. The Kier molecular flexibility index (Phi) is 3.22. The summed E-state index contributed by atoms with van der Waals surface area (Å²) in [5.41, 5.74) is -1.40. The second-order valence-electron chi connectivity index (χ2n) is 4.95. The van der Waals surface area contributed by atoms with E-state index < -0.39 is 32.7 Å². The van der Waals surface area contributed by atoms with Crippen molar-refractivity contribution in [3.05, 3.63) is 29.3 Å². The van der Waals surface area contributed by atoms with Gasteiger partial charge in [-0.25, -0.2) is 17.2 Å². The molecule has 0 aromatic heterocycles. The average molecular weight is 286 g/mol. The first-order valence-corrected chi connectivity index (χ1v) is 7.45. The van der Waals surface area contributed by atoms with Crippen molar-refractivity contribution in [2.45, 2.75) is 18.9 Å². The third kappa shape index (κ3) is 2.84. The molecule has 0 saturated carbocycles. The lowest BCUT2D eigenvalue weighted by Gasteiger charge is -2.25. The Morgan fingerprint density at radius 3 is 2.37 bits per heavy atom. The fourth-order valence-electron chi connectivity index (χ4n) is 2.17. The quantitative estimate of drug-likeness (QED) is 0.900. The molecule has 4 nitrogen and oxygen atoms in total. The highest BCUT2D eigenvalue weighted by atomic mass is 32.2. The highest BCUT2D eigenvalue weighted by molar-refractivity contribution is 7.91. The fourth-order valence-corrected chi connectivity index (χ4v) is 4.26. The number of anilines is 1. The first-order valence-electron chi connectivity index (χ1n) is 5.62. The first-order chi connectivity index (χ1) is 8.75. The van der Waals surface area contributed by atoms with Gasteiger partial charge >= 0.3 is 0 Å². The summed E-state index contributed by atoms with van der Waals surface area (Å²) in [7, 11) is -3.17. The smallest absolute Gasteiger partial charge is 0.152 e. The SMILES string of the molecule is CC1(Nc2c(F)cc(C#N)cc2F)CCS(=O)(=O)C1. The molecule has 1 saturated heterocycles. The standard InChI is InChI=1S/C12H12F2N2O2S/c1-12(2-3-19(17,18)7-12)16-11-9(13)4-8(6-15)5-10(11)14/h4-5,16H,2-3,7H2,1H3. The predicted molar refractivity (Wildman–Crippen MR) is 66.4 cm³/mol. The minimum atomic E-state index is -3.17. The molecule has 0 radical (unpaired) electrons. The van der Waals surface area contributed by atoms with Gasteiger partial charge in [-0.05, 0) is 25.5 Å². The molecule has 0 spiro atoms. The second kappa shape index (κ2) is 4.46. The normalized spacial score (nSPS) is 24.9. The fraction of sp³-hybridized carbons (Fsp3) is 0.417. The molecule has 1 N–H and O–H groups in total. The van der Waals surface area contributed by atoms with Crippen molar-refractivity contribution in [3.63, 3.8) is 0 Å². The molecule has 1 aromatic carbocycles. The van der Waals surface area contributed by atoms with Gasteiger partial charge in [0.25, 0.3) is 0 Å². The van der Waals surface area contributed by atoms with E-state index in [4.69, 9.17) is 5.26 Å². The summed E-state index contributed by atoms with van der Waals surface area (Å²) < 4.78 is 50.3. The molecule has 0 aliphatic carbocycles. The Morgan fingerprint density at radius 1 is 1.37 bits per heavy atom. The van der Waals surface area contributed by atoms with Crippen LogP contribution in [0.5, 0.6) is 0 Å². The predicted octanol–water partition coefficient (Wildman–Crippen LogP) is 1.83. The third-order valence-electron chi connectivity index (χ3n) is 3.10. The highest BCUT2D eigenvalue weighted by Gasteiger charge is 2.39. The Bertz CT molecular complexity index is 644. The minimum absolute atomic E-state index is 0.00395. The lowest BCUT2D eigenvalue weighted by atomic mass is 10.0. The van der Waals surface area contributed by atoms with Crippen LogP contribution >= 0.6 is 0 Å². The molecule has 1 heterocycles. The van der Waals surface area contributed by atoms with E-state index in [1.54, 1.807) is 13.0 Å². The van der Waals surface area contributed by atoms with E-state index in [2.05, 4.69) is 5.32 Å². The van der Waals surface area contributed by atoms with E-state index >= 15 is 0 Å². The number of halogens is 2. The summed E-state index contributed by atoms with van der Waals surface area (Å²) in [4.78, 5) is 0. The summed E-state index contributed by atoms with van der Waals surface area (Å²) >= 11 is 0. The van der Waals surface area contributed by atoms with Crippen molar-refractivity contribution >= 4 is 15.5 Å². The maximum absolute atomic E-state index is 13.7. The lowest BCUT2D eigenvalue weighted by Crippen LogP contribution is -2.36. The van der Waals surface area contributed by atoms with Crippen molar-refractivity contribution in [3.8, 4) is 6.07 Å². The number of nitrogens with zero attached hydrogens (tertiary/aromatic N) is 1. The van der Waals surface area contributed by atoms with E-state index in [0.29, 0.717) is 0 Å². The molecule has 2 rings (SSSR count). The van der Waals surface area contributed by atoms with Gasteiger partial charge in [-0.2, -0.15) is 5.26 Å². The monoisotopic (exact) mass is 286 g/mol. The van der Waals surface area contributed by atoms with Gasteiger partial charge in [0.05, 0.1) is 23.1 Å². The molecule has 7 heteroatoms. The molecule has 1 aromatic rings. The minimum Gasteiger partial charge on any atom is -0.374 e. The number of sulfone groups is 1. The Hall–Kier alpha value is -1.68. The van der Waals surface area contributed by atoms with Crippen LogP contribution in [0.3, 0.4) is 0 Å². The van der Waals surface area contributed by atoms with Crippen LogP contribution in [0.4, 0.5) is 14.5 Å². The first kappa shape index (κ1) is 13.7. The zero-order valence-corrected chi connectivity index (χ0v) is 11.0. The van der Waals surface area contributed by atoms with E-state index in [-0.39, 0.29) is 23.5 Å². The summed E-state index contributed by atoms with van der Waals surface area (Å²) in [6.07, 6.45) is 0.286. The number of benzene rings is 1. The van der Waals surface area contributed by atoms with E-state index in [9.17, 15) is 17.2 Å². The molecule has 1 aliphatic rings. The van der Waals surface area contributed by atoms with Gasteiger partial charge in [-0.15, -0.1) is 0 Å². The molecule has 0 amide bonds. The summed E-state index contributed by atoms with van der Waals surface area (Å²) in [6.45, 7) is 1.61. The number of nitrogens with one attached hydrogen (secondary N) is 1. The molecule has 1 unspecified atom stereocenters. The van der Waals surface area contributed by atoms with Gasteiger partial charge < -0.3 is 5.32 Å². The molecular formula is C12H12F2N2O2S. The molecule has 1 atom stereocenters. The second-order valence-corrected chi connectivity index (χ2v) is 7.14. The van der Waals surface area contributed by atoms with Crippen LogP contribution in [-0.4, -0.2) is 25.5 Å².